The first-order valence-electron chi connectivity index (χ1n) is 3.46. The van der Waals surface area contributed by atoms with Crippen LogP contribution >= 0.6 is 112 Å². The molecule has 184 valence electrons. The number of hydrogen-bond donors (Lipinski definition) is 0. The average molecular weight is 1040 g/mol. The third kappa shape index (κ3) is 614. The van der Waals surface area contributed by atoms with E-state index in [1.54, 1.807) is 0 Å². The molecule has 2 radical (unpaired) electrons. The van der Waals surface area contributed by atoms with Crippen molar-refractivity contribution in [3.05, 3.63) is 0 Å². The van der Waals surface area contributed by atoms with Crippen LogP contribution in [0.4, 0.5) is 0 Å². The van der Waals surface area contributed by atoms with Crippen LogP contribution in [0.2, 0.25) is 5.48 Å². The molecule has 0 unspecified atom stereocenters. The van der Waals surface area contributed by atoms with Crippen molar-refractivity contribution in [2.45, 2.75) is 50.0 Å². The van der Waals surface area contributed by atoms with Gasteiger partial charge < -0.3 is 0 Å². The second-order valence-corrected chi connectivity index (χ2v) is 33.8. The maximum atomic E-state index is 5.23. The first-order chi connectivity index (χ1) is 8.20. The molecule has 0 aliphatic rings. The van der Waals surface area contributed by atoms with Gasteiger partial charge >= 0.3 is 202 Å². The van der Waals surface area contributed by atoms with E-state index in [1.807, 2.05) is 5.48 Å². The first kappa shape index (κ1) is 111. The topological polar surface area (TPSA) is 0 Å². The van der Waals surface area contributed by atoms with Crippen LogP contribution in [-0.4, -0.2) is 139 Å². The fourth-order valence-corrected chi connectivity index (χ4v) is 0. The monoisotopic (exact) mass is 1030 g/mol. The summed E-state index contributed by atoms with van der Waals surface area (Å²) < 4.78 is 0. The summed E-state index contributed by atoms with van der Waals surface area (Å²) in [6.07, 6.45) is 4.42. The van der Waals surface area contributed by atoms with Gasteiger partial charge in [0.25, 0.3) is 0 Å². The van der Waals surface area contributed by atoms with E-state index in [9.17, 15) is 0 Å². The predicted molar refractivity (Wildman–Crippen MR) is 183 cm³/mol. The van der Waals surface area contributed by atoms with E-state index in [0.29, 0.717) is 0 Å². The number of halogens is 11. The Balaban J connectivity index is -0.00000000420. The molecule has 0 heterocycles. The second-order valence-electron chi connectivity index (χ2n) is 1.01. The Morgan fingerprint density at radius 2 is 0.393 bits per heavy atom. The summed E-state index contributed by atoms with van der Waals surface area (Å²) in [5.74, 6) is 0. The third-order valence-electron chi connectivity index (χ3n) is 0. The van der Waals surface area contributed by atoms with Gasteiger partial charge in [0, 0.05) is 19.1 Å². The molecule has 0 N–H and O–H groups in total. The molecule has 28 heavy (non-hydrogen) atoms. The first-order valence-corrected chi connectivity index (χ1v) is 33.6. The van der Waals surface area contributed by atoms with Crippen molar-refractivity contribution in [2.75, 3.05) is 19.1 Å². The zero-order valence-corrected chi connectivity index (χ0v) is 29.1. The van der Waals surface area contributed by atoms with Gasteiger partial charge in [-0.15, -0.1) is 34.8 Å². The van der Waals surface area contributed by atoms with Gasteiger partial charge in [0.1, 0.15) is 0 Å². The van der Waals surface area contributed by atoms with E-state index in [-0.39, 0.29) is 124 Å². The van der Waals surface area contributed by atoms with Crippen molar-refractivity contribution >= 4 is 232 Å². The van der Waals surface area contributed by atoms with Gasteiger partial charge in [-0.3, -0.25) is 0 Å². The summed E-state index contributed by atoms with van der Waals surface area (Å²) >= 11 is 8.26. The van der Waals surface area contributed by atoms with E-state index >= 15 is 0 Å². The number of hydrogen-bond acceptors (Lipinski definition) is 0. The van der Waals surface area contributed by atoms with Gasteiger partial charge in [-0.25, -0.2) is 0 Å². The van der Waals surface area contributed by atoms with Gasteiger partial charge in [-0.1, -0.05) is 44.6 Å². The Morgan fingerprint density at radius 1 is 0.393 bits per heavy atom. The molecule has 0 aromatic carbocycles. The van der Waals surface area contributed by atoms with Crippen LogP contribution in [-0.2, 0) is 0 Å². The van der Waals surface area contributed by atoms with Crippen LogP contribution in [0.5, 0.6) is 0 Å². The Kier molecular flexibility index (Phi) is 560. The number of alkyl halides is 3. The summed E-state index contributed by atoms with van der Waals surface area (Å²) in [5.41, 5.74) is 1.89. The maximum absolute atomic E-state index is 5.23. The van der Waals surface area contributed by atoms with Gasteiger partial charge in [-0.2, -0.15) is 0 Å². The van der Waals surface area contributed by atoms with Crippen LogP contribution in [0.3, 0.4) is 0 Å². The molecule has 0 atom stereocenters. The number of rotatable bonds is 0. The Bertz CT molecular complexity index is 72.2. The third-order valence-corrected chi connectivity index (χ3v) is 0. The van der Waals surface area contributed by atoms with Crippen molar-refractivity contribution in [1.29, 1.82) is 0 Å². The van der Waals surface area contributed by atoms with E-state index in [4.69, 9.17) is 77.1 Å². The van der Waals surface area contributed by atoms with E-state index in [2.05, 4.69) is 34.8 Å². The standard InChI is InChI=1S/3CH3Cl.6CH4.CH3.8ClH.7Ga.10H/c3*1-2;;;;;;;;;;;;;;;;;;;;;;;;;;;;;;;;/h3*1H3;6*1H4;1H3;8*1H;;;;;;;;;;;;;;;;;/q;;;;;;;;;;;;;;;;;;;;;;+2;2*+3;;;;;;;;;;/p-8. The molecule has 0 bridgehead atoms. The van der Waals surface area contributed by atoms with Crippen molar-refractivity contribution in [3.63, 3.8) is 0 Å². The minimum absolute atomic E-state index is 0. The SMILES string of the molecule is C.C.C.C.C.C.CCl.CCl.CCl.[CH3][Ga]([Cl])[Cl].[Cl][Ga]([Cl])[Cl].[Cl][Ga]([Cl])[Cl].[GaH3].[GaH3].[GaH3].[GaH]. The molecule has 0 saturated heterocycles. The average Bonchev–Trinajstić information content (AvgIpc) is 2.23. The normalized spacial score (nSPS) is 3.54. The van der Waals surface area contributed by atoms with E-state index in [0.717, 1.165) is 0 Å². The Hall–Kier alpha value is 7.64. The molecule has 0 amide bonds. The van der Waals surface area contributed by atoms with E-state index in [1.165, 1.54) is 19.1 Å². The van der Waals surface area contributed by atoms with E-state index < -0.39 is 40.6 Å². The summed E-state index contributed by atoms with van der Waals surface area (Å²) in [4.78, 5) is 0. The quantitative estimate of drug-likeness (QED) is 0.179. The molecule has 0 rings (SSSR count). The van der Waals surface area contributed by atoms with Crippen LogP contribution in [0.15, 0.2) is 0 Å². The van der Waals surface area contributed by atoms with Gasteiger partial charge in [-0.05, 0) is 0 Å². The van der Waals surface area contributed by atoms with Crippen molar-refractivity contribution in [2.24, 2.45) is 0 Å². The molecule has 0 aliphatic heterocycles. The van der Waals surface area contributed by atoms with Crippen LogP contribution < -0.4 is 0 Å². The molecular formula is C10H46Cl11Ga7. The summed E-state index contributed by atoms with van der Waals surface area (Å²) in [6.45, 7) is 0. The zero-order chi connectivity index (χ0) is 16.7. The van der Waals surface area contributed by atoms with Crippen LogP contribution in [0.1, 0.15) is 44.6 Å². The summed E-state index contributed by atoms with van der Waals surface area (Å²) in [7, 11) is 40.4. The van der Waals surface area contributed by atoms with Gasteiger partial charge in [0.2, 0.25) is 0 Å². The molecule has 18 heteroatoms. The molecule has 0 fully saturated rings. The summed E-state index contributed by atoms with van der Waals surface area (Å²) in [5, 5.41) is 0. The zero-order valence-electron chi connectivity index (χ0n) is 10.6. The van der Waals surface area contributed by atoms with Crippen molar-refractivity contribution in [3.8, 4) is 0 Å². The van der Waals surface area contributed by atoms with Crippen LogP contribution in [0, 0.1) is 0 Å². The van der Waals surface area contributed by atoms with Gasteiger partial charge in [0.15, 0.2) is 0 Å². The molecule has 0 aliphatic carbocycles. The molecule has 0 saturated carbocycles. The van der Waals surface area contributed by atoms with Crippen molar-refractivity contribution < 1.29 is 0 Å². The second kappa shape index (κ2) is 142. The Labute approximate surface area is 295 Å². The molecule has 0 aromatic rings. The fourth-order valence-electron chi connectivity index (χ4n) is 0. The van der Waals surface area contributed by atoms with Crippen LogP contribution in [0.25, 0.3) is 0 Å². The molecule has 0 nitrogen and oxygen atoms in total. The minimum atomic E-state index is -2.06. The summed E-state index contributed by atoms with van der Waals surface area (Å²) in [6, 6.07) is 0. The Morgan fingerprint density at radius 3 is 0.393 bits per heavy atom. The molecular weight excluding hydrogens is 998 g/mol. The predicted octanol–water partition coefficient (Wildman–Crippen LogP) is 7.14. The molecule has 0 spiro atoms. The van der Waals surface area contributed by atoms with Crippen molar-refractivity contribution in [1.82, 2.24) is 0 Å². The van der Waals surface area contributed by atoms with Gasteiger partial charge in [0.05, 0.1) is 0 Å². The molecule has 0 aromatic heterocycles. The fraction of sp³-hybridized carbons (Fsp3) is 1.00.